The first kappa shape index (κ1) is 25.3. The highest BCUT2D eigenvalue weighted by molar-refractivity contribution is 9.10. The smallest absolute Gasteiger partial charge is 0.264 e. The van der Waals surface area contributed by atoms with E-state index >= 15 is 0 Å². The lowest BCUT2D eigenvalue weighted by Crippen LogP contribution is -2.39. The highest BCUT2D eigenvalue weighted by Crippen LogP contribution is 2.27. The number of ether oxygens (including phenoxy) is 1. The Hall–Kier alpha value is -3.37. The molecular weight excluding hydrogens is 522 g/mol. The van der Waals surface area contributed by atoms with Gasteiger partial charge in [-0.1, -0.05) is 39.7 Å². The normalized spacial score (nSPS) is 11.4. The zero-order valence-corrected chi connectivity index (χ0v) is 21.0. The number of aryl methyl sites for hydroxylation is 1. The van der Waals surface area contributed by atoms with Crippen molar-refractivity contribution in [3.8, 4) is 11.5 Å². The second kappa shape index (κ2) is 11.2. The van der Waals surface area contributed by atoms with Gasteiger partial charge in [0.1, 0.15) is 6.54 Å². The van der Waals surface area contributed by atoms with E-state index in [1.54, 1.807) is 55.5 Å². The van der Waals surface area contributed by atoms with Gasteiger partial charge in [-0.2, -0.15) is 5.10 Å². The Morgan fingerprint density at radius 1 is 1.15 bits per heavy atom. The third kappa shape index (κ3) is 6.36. The molecule has 3 aromatic rings. The molecule has 34 heavy (non-hydrogen) atoms. The average Bonchev–Trinajstić information content (AvgIpc) is 2.80. The van der Waals surface area contributed by atoms with Crippen LogP contribution in [0.1, 0.15) is 18.1 Å². The molecule has 10 heteroatoms. The summed E-state index contributed by atoms with van der Waals surface area (Å²) >= 11 is 3.35. The second-order valence-electron chi connectivity index (χ2n) is 7.26. The maximum Gasteiger partial charge on any atom is 0.264 e. The van der Waals surface area contributed by atoms with Crippen LogP contribution in [0.5, 0.6) is 11.5 Å². The summed E-state index contributed by atoms with van der Waals surface area (Å²) in [6.07, 6.45) is 1.37. The van der Waals surface area contributed by atoms with E-state index in [2.05, 4.69) is 26.5 Å². The summed E-state index contributed by atoms with van der Waals surface area (Å²) in [5.74, 6) is -0.340. The standard InChI is InChI=1S/C24H24BrN3O5S/c1-3-33-23-13-18(9-12-22(23)29)15-26-27-24(30)16-28(20-6-4-5-19(25)14-20)34(31,32)21-10-7-17(2)8-11-21/h4-15,29H,3,16H2,1-2H3,(H,27,30)/b26-15-. The highest BCUT2D eigenvalue weighted by Gasteiger charge is 2.27. The number of halogens is 1. The molecular formula is C24H24BrN3O5S. The number of nitrogens with zero attached hydrogens (tertiary/aromatic N) is 2. The Morgan fingerprint density at radius 2 is 1.88 bits per heavy atom. The fourth-order valence-corrected chi connectivity index (χ4v) is 4.81. The molecule has 0 atom stereocenters. The number of carbonyl (C=O) groups excluding carboxylic acids is 1. The van der Waals surface area contributed by atoms with Gasteiger partial charge in [-0.15, -0.1) is 0 Å². The fourth-order valence-electron chi connectivity index (χ4n) is 3.01. The number of amides is 1. The Balaban J connectivity index is 1.81. The number of rotatable bonds is 9. The van der Waals surface area contributed by atoms with Gasteiger partial charge in [-0.25, -0.2) is 13.8 Å². The molecule has 0 fully saturated rings. The van der Waals surface area contributed by atoms with Crippen LogP contribution in [0.25, 0.3) is 0 Å². The van der Waals surface area contributed by atoms with Crippen LogP contribution in [0.4, 0.5) is 5.69 Å². The molecule has 0 saturated heterocycles. The van der Waals surface area contributed by atoms with E-state index in [1.165, 1.54) is 24.4 Å². The number of hydrazone groups is 1. The first-order valence-electron chi connectivity index (χ1n) is 10.3. The zero-order chi connectivity index (χ0) is 24.7. The molecule has 0 aliphatic heterocycles. The molecule has 0 heterocycles. The maximum atomic E-state index is 13.4. The summed E-state index contributed by atoms with van der Waals surface area (Å²) in [6, 6.07) is 17.7. The quantitative estimate of drug-likeness (QED) is 0.309. The number of sulfonamides is 1. The minimum absolute atomic E-state index is 0.00554. The van der Waals surface area contributed by atoms with Crippen LogP contribution in [0, 0.1) is 6.92 Å². The van der Waals surface area contributed by atoms with E-state index in [1.807, 2.05) is 6.92 Å². The van der Waals surface area contributed by atoms with Gasteiger partial charge in [0.15, 0.2) is 11.5 Å². The first-order valence-corrected chi connectivity index (χ1v) is 12.6. The average molecular weight is 546 g/mol. The topological polar surface area (TPSA) is 108 Å². The number of hydrogen-bond donors (Lipinski definition) is 2. The molecule has 0 radical (unpaired) electrons. The Labute approximate surface area is 207 Å². The predicted molar refractivity (Wildman–Crippen MR) is 135 cm³/mol. The summed E-state index contributed by atoms with van der Waals surface area (Å²) in [6.45, 7) is 3.55. The van der Waals surface area contributed by atoms with E-state index in [4.69, 9.17) is 4.74 Å². The van der Waals surface area contributed by atoms with Crippen molar-refractivity contribution >= 4 is 43.8 Å². The van der Waals surface area contributed by atoms with Crippen molar-refractivity contribution in [3.05, 3.63) is 82.3 Å². The summed E-state index contributed by atoms with van der Waals surface area (Å²) in [7, 11) is -4.02. The van der Waals surface area contributed by atoms with E-state index in [0.29, 0.717) is 28.1 Å². The molecule has 3 aromatic carbocycles. The summed E-state index contributed by atoms with van der Waals surface area (Å²) < 4.78 is 33.8. The van der Waals surface area contributed by atoms with Crippen LogP contribution < -0.4 is 14.5 Å². The van der Waals surface area contributed by atoms with Crippen molar-refractivity contribution in [1.29, 1.82) is 0 Å². The third-order valence-electron chi connectivity index (χ3n) is 4.68. The fraction of sp³-hybridized carbons (Fsp3) is 0.167. The van der Waals surface area contributed by atoms with Crippen LogP contribution in [-0.2, 0) is 14.8 Å². The summed E-state index contributed by atoms with van der Waals surface area (Å²) in [5.41, 5.74) is 4.18. The largest absolute Gasteiger partial charge is 0.504 e. The van der Waals surface area contributed by atoms with Crippen molar-refractivity contribution in [1.82, 2.24) is 5.43 Å². The minimum atomic E-state index is -4.02. The molecule has 0 aliphatic carbocycles. The number of phenols is 1. The number of hydrogen-bond acceptors (Lipinski definition) is 6. The van der Waals surface area contributed by atoms with Crippen LogP contribution in [0.3, 0.4) is 0 Å². The predicted octanol–water partition coefficient (Wildman–Crippen LogP) is 4.21. The molecule has 0 spiro atoms. The molecule has 0 unspecified atom stereocenters. The van der Waals surface area contributed by atoms with Crippen LogP contribution in [-0.4, -0.2) is 38.8 Å². The van der Waals surface area contributed by atoms with E-state index < -0.39 is 22.5 Å². The van der Waals surface area contributed by atoms with Crippen LogP contribution in [0.2, 0.25) is 0 Å². The van der Waals surface area contributed by atoms with Crippen LogP contribution >= 0.6 is 15.9 Å². The van der Waals surface area contributed by atoms with Crippen molar-refractivity contribution < 1.29 is 23.1 Å². The maximum absolute atomic E-state index is 13.4. The van der Waals surface area contributed by atoms with Crippen molar-refractivity contribution in [2.45, 2.75) is 18.7 Å². The first-order chi connectivity index (χ1) is 16.2. The zero-order valence-electron chi connectivity index (χ0n) is 18.6. The number of anilines is 1. The van der Waals surface area contributed by atoms with Gasteiger partial charge >= 0.3 is 0 Å². The summed E-state index contributed by atoms with van der Waals surface area (Å²) in [4.78, 5) is 12.7. The van der Waals surface area contributed by atoms with Gasteiger partial charge in [-0.3, -0.25) is 9.10 Å². The van der Waals surface area contributed by atoms with E-state index in [-0.39, 0.29) is 10.6 Å². The van der Waals surface area contributed by atoms with Gasteiger partial charge in [0.2, 0.25) is 0 Å². The molecule has 0 saturated carbocycles. The minimum Gasteiger partial charge on any atom is -0.504 e. The number of nitrogens with one attached hydrogen (secondary N) is 1. The molecule has 0 bridgehead atoms. The Morgan fingerprint density at radius 3 is 2.56 bits per heavy atom. The molecule has 8 nitrogen and oxygen atoms in total. The molecule has 2 N–H and O–H groups in total. The Kier molecular flexibility index (Phi) is 8.30. The van der Waals surface area contributed by atoms with Crippen molar-refractivity contribution in [3.63, 3.8) is 0 Å². The van der Waals surface area contributed by atoms with E-state index in [0.717, 1.165) is 9.87 Å². The van der Waals surface area contributed by atoms with Crippen LogP contribution in [0.15, 0.2) is 81.2 Å². The SMILES string of the molecule is CCOc1cc(/C=N\NC(=O)CN(c2cccc(Br)c2)S(=O)(=O)c2ccc(C)cc2)ccc1O. The summed E-state index contributed by atoms with van der Waals surface area (Å²) in [5, 5.41) is 13.7. The highest BCUT2D eigenvalue weighted by atomic mass is 79.9. The number of aromatic hydroxyl groups is 1. The van der Waals surface area contributed by atoms with Crippen molar-refractivity contribution in [2.75, 3.05) is 17.5 Å². The van der Waals surface area contributed by atoms with Gasteiger partial charge in [-0.05, 0) is 67.9 Å². The lowest BCUT2D eigenvalue weighted by molar-refractivity contribution is -0.119. The van der Waals surface area contributed by atoms with Gasteiger partial charge in [0.05, 0.1) is 23.4 Å². The molecule has 1 amide bonds. The Bertz CT molecular complexity index is 1290. The lowest BCUT2D eigenvalue weighted by atomic mass is 10.2. The lowest BCUT2D eigenvalue weighted by Gasteiger charge is -2.24. The van der Waals surface area contributed by atoms with Crippen molar-refractivity contribution in [2.24, 2.45) is 5.10 Å². The van der Waals surface area contributed by atoms with Gasteiger partial charge < -0.3 is 9.84 Å². The molecule has 178 valence electrons. The molecule has 0 aliphatic rings. The molecule has 3 rings (SSSR count). The monoisotopic (exact) mass is 545 g/mol. The third-order valence-corrected chi connectivity index (χ3v) is 6.96. The molecule has 0 aromatic heterocycles. The number of carbonyl (C=O) groups is 1. The van der Waals surface area contributed by atoms with E-state index in [9.17, 15) is 18.3 Å². The second-order valence-corrected chi connectivity index (χ2v) is 10.0. The number of phenolic OH excluding ortho intramolecular Hbond substituents is 1. The van der Waals surface area contributed by atoms with Gasteiger partial charge in [0, 0.05) is 4.47 Å². The van der Waals surface area contributed by atoms with Gasteiger partial charge in [0.25, 0.3) is 15.9 Å². The number of benzene rings is 3.